The van der Waals surface area contributed by atoms with Crippen LogP contribution in [0.2, 0.25) is 0 Å². The Morgan fingerprint density at radius 2 is 1.45 bits per heavy atom. The molecule has 112 valence electrons. The van der Waals surface area contributed by atoms with E-state index in [0.717, 1.165) is 0 Å². The minimum absolute atomic E-state index is 0.0275. The minimum Gasteiger partial charge on any atom is -0.322 e. The molecule has 1 aromatic rings. The van der Waals surface area contributed by atoms with Crippen LogP contribution in [0.25, 0.3) is 0 Å². The van der Waals surface area contributed by atoms with Crippen molar-refractivity contribution in [3.8, 4) is 0 Å². The van der Waals surface area contributed by atoms with Gasteiger partial charge >= 0.3 is 0 Å². The lowest BCUT2D eigenvalue weighted by atomic mass is 9.85. The van der Waals surface area contributed by atoms with E-state index in [4.69, 9.17) is 5.73 Å². The molecule has 2 N–H and O–H groups in total. The predicted molar refractivity (Wildman–Crippen MR) is 87.0 cm³/mol. The van der Waals surface area contributed by atoms with E-state index in [9.17, 15) is 0 Å². The van der Waals surface area contributed by atoms with Gasteiger partial charge in [0.1, 0.15) is 0 Å². The molecule has 1 unspecified atom stereocenters. The van der Waals surface area contributed by atoms with Crippen LogP contribution < -0.4 is 5.73 Å². The van der Waals surface area contributed by atoms with Crippen molar-refractivity contribution in [3.63, 3.8) is 0 Å². The molecule has 1 aliphatic rings. The smallest absolute Gasteiger partial charge is 0.0476 e. The number of likely N-dealkylation sites (tertiary alicyclic amines) is 1. The van der Waals surface area contributed by atoms with Gasteiger partial charge in [0.15, 0.2) is 0 Å². The maximum absolute atomic E-state index is 6.59. The van der Waals surface area contributed by atoms with E-state index in [1.54, 1.807) is 0 Å². The van der Waals surface area contributed by atoms with Crippen LogP contribution in [-0.4, -0.2) is 23.5 Å². The molecule has 2 rings (SSSR count). The molecule has 1 aliphatic heterocycles. The summed E-state index contributed by atoms with van der Waals surface area (Å²) < 4.78 is 0. The second-order valence-electron chi connectivity index (χ2n) is 7.00. The molecule has 0 bridgehead atoms. The van der Waals surface area contributed by atoms with Crippen LogP contribution in [0.15, 0.2) is 24.3 Å². The number of rotatable bonds is 4. The van der Waals surface area contributed by atoms with E-state index in [1.807, 2.05) is 0 Å². The molecule has 0 aromatic heterocycles. The summed E-state index contributed by atoms with van der Waals surface area (Å²) in [6.45, 7) is 11.4. The topological polar surface area (TPSA) is 29.3 Å². The first kappa shape index (κ1) is 15.5. The Labute approximate surface area is 124 Å². The molecule has 0 saturated carbocycles. The first-order valence-corrected chi connectivity index (χ1v) is 8.03. The van der Waals surface area contributed by atoms with Gasteiger partial charge in [0.05, 0.1) is 0 Å². The van der Waals surface area contributed by atoms with E-state index in [1.165, 1.54) is 43.5 Å². The van der Waals surface area contributed by atoms with Crippen LogP contribution in [0, 0.1) is 0 Å². The Balaban J connectivity index is 2.13. The van der Waals surface area contributed by atoms with Crippen LogP contribution >= 0.6 is 0 Å². The zero-order valence-electron chi connectivity index (χ0n) is 13.5. The van der Waals surface area contributed by atoms with Gasteiger partial charge in [-0.25, -0.2) is 0 Å². The average Bonchev–Trinajstić information content (AvgIpc) is 2.47. The summed E-state index contributed by atoms with van der Waals surface area (Å²) in [7, 11) is 0. The first-order chi connectivity index (χ1) is 9.43. The lowest BCUT2D eigenvalue weighted by Crippen LogP contribution is -2.53. The molecule has 20 heavy (non-hydrogen) atoms. The molecule has 1 heterocycles. The highest BCUT2D eigenvalue weighted by molar-refractivity contribution is 5.28. The van der Waals surface area contributed by atoms with Gasteiger partial charge in [0, 0.05) is 11.6 Å². The third-order valence-corrected chi connectivity index (χ3v) is 4.89. The number of hydrogen-bond donors (Lipinski definition) is 1. The van der Waals surface area contributed by atoms with Crippen molar-refractivity contribution in [3.05, 3.63) is 35.4 Å². The summed E-state index contributed by atoms with van der Waals surface area (Å²) in [5, 5.41) is 0. The maximum Gasteiger partial charge on any atom is 0.0476 e. The summed E-state index contributed by atoms with van der Waals surface area (Å²) in [5.41, 5.74) is 9.26. The standard InChI is InChI=1S/C18H30N2/c1-14(2)15-8-10-16(11-9-15)17(19)18(3,4)20-12-6-5-7-13-20/h8-11,14,17H,5-7,12-13,19H2,1-4H3. The first-order valence-electron chi connectivity index (χ1n) is 8.03. The van der Waals surface area contributed by atoms with Crippen molar-refractivity contribution in [2.24, 2.45) is 5.73 Å². The number of hydrogen-bond acceptors (Lipinski definition) is 2. The van der Waals surface area contributed by atoms with Crippen molar-refractivity contribution < 1.29 is 0 Å². The molecule has 1 atom stereocenters. The van der Waals surface area contributed by atoms with Crippen molar-refractivity contribution >= 4 is 0 Å². The van der Waals surface area contributed by atoms with Crippen molar-refractivity contribution in [2.45, 2.75) is 64.5 Å². The highest BCUT2D eigenvalue weighted by Crippen LogP contribution is 2.31. The largest absolute Gasteiger partial charge is 0.322 e. The van der Waals surface area contributed by atoms with Gasteiger partial charge in [-0.2, -0.15) is 0 Å². The SMILES string of the molecule is CC(C)c1ccc(C(N)C(C)(C)N2CCCCC2)cc1. The molecule has 2 nitrogen and oxygen atoms in total. The number of piperidine rings is 1. The molecule has 0 amide bonds. The predicted octanol–water partition coefficient (Wildman–Crippen LogP) is 4.07. The number of nitrogens with zero attached hydrogens (tertiary/aromatic N) is 1. The van der Waals surface area contributed by atoms with Crippen molar-refractivity contribution in [1.82, 2.24) is 4.90 Å². The summed E-state index contributed by atoms with van der Waals surface area (Å²) in [5.74, 6) is 0.579. The molecular weight excluding hydrogens is 244 g/mol. The zero-order valence-corrected chi connectivity index (χ0v) is 13.5. The Hall–Kier alpha value is -0.860. The lowest BCUT2D eigenvalue weighted by Gasteiger charge is -2.44. The minimum atomic E-state index is 0.0275. The molecular formula is C18H30N2. The molecule has 1 fully saturated rings. The molecule has 1 saturated heterocycles. The van der Waals surface area contributed by atoms with Crippen LogP contribution in [0.4, 0.5) is 0 Å². The Kier molecular flexibility index (Phi) is 4.87. The molecule has 1 aromatic carbocycles. The van der Waals surface area contributed by atoms with Crippen LogP contribution in [-0.2, 0) is 0 Å². The van der Waals surface area contributed by atoms with E-state index in [0.29, 0.717) is 5.92 Å². The molecule has 0 radical (unpaired) electrons. The maximum atomic E-state index is 6.59. The molecule has 0 spiro atoms. The fraction of sp³-hybridized carbons (Fsp3) is 0.667. The summed E-state index contributed by atoms with van der Waals surface area (Å²) in [4.78, 5) is 2.57. The van der Waals surface area contributed by atoms with E-state index in [2.05, 4.69) is 56.9 Å². The highest BCUT2D eigenvalue weighted by atomic mass is 15.2. The van der Waals surface area contributed by atoms with Gasteiger partial charge < -0.3 is 5.73 Å². The summed E-state index contributed by atoms with van der Waals surface area (Å²) in [6, 6.07) is 8.96. The highest BCUT2D eigenvalue weighted by Gasteiger charge is 2.34. The van der Waals surface area contributed by atoms with Crippen LogP contribution in [0.5, 0.6) is 0 Å². The van der Waals surface area contributed by atoms with E-state index >= 15 is 0 Å². The van der Waals surface area contributed by atoms with Gasteiger partial charge in [-0.05, 0) is 56.8 Å². The van der Waals surface area contributed by atoms with Gasteiger partial charge in [0.2, 0.25) is 0 Å². The van der Waals surface area contributed by atoms with Crippen molar-refractivity contribution in [2.75, 3.05) is 13.1 Å². The van der Waals surface area contributed by atoms with E-state index in [-0.39, 0.29) is 11.6 Å². The second-order valence-corrected chi connectivity index (χ2v) is 7.00. The number of nitrogens with two attached hydrogens (primary N) is 1. The Morgan fingerprint density at radius 1 is 0.950 bits per heavy atom. The quantitative estimate of drug-likeness (QED) is 0.896. The third-order valence-electron chi connectivity index (χ3n) is 4.89. The van der Waals surface area contributed by atoms with Crippen LogP contribution in [0.3, 0.4) is 0 Å². The fourth-order valence-electron chi connectivity index (χ4n) is 3.16. The lowest BCUT2D eigenvalue weighted by molar-refractivity contribution is 0.0730. The monoisotopic (exact) mass is 274 g/mol. The van der Waals surface area contributed by atoms with Crippen molar-refractivity contribution in [1.29, 1.82) is 0 Å². The van der Waals surface area contributed by atoms with Gasteiger partial charge in [-0.15, -0.1) is 0 Å². The summed E-state index contributed by atoms with van der Waals surface area (Å²) in [6.07, 6.45) is 3.98. The van der Waals surface area contributed by atoms with Gasteiger partial charge in [0.25, 0.3) is 0 Å². The van der Waals surface area contributed by atoms with Gasteiger partial charge in [-0.3, -0.25) is 4.90 Å². The Bertz CT molecular complexity index is 414. The second kappa shape index (κ2) is 6.28. The summed E-state index contributed by atoms with van der Waals surface area (Å²) >= 11 is 0. The Morgan fingerprint density at radius 3 is 1.95 bits per heavy atom. The zero-order chi connectivity index (χ0) is 14.8. The average molecular weight is 274 g/mol. The third kappa shape index (κ3) is 3.24. The number of benzene rings is 1. The van der Waals surface area contributed by atoms with Gasteiger partial charge in [-0.1, -0.05) is 44.5 Å². The van der Waals surface area contributed by atoms with Crippen LogP contribution in [0.1, 0.15) is 70.0 Å². The molecule has 0 aliphatic carbocycles. The normalized spacial score (nSPS) is 19.3. The molecule has 2 heteroatoms. The van der Waals surface area contributed by atoms with E-state index < -0.39 is 0 Å². The fourth-order valence-corrected chi connectivity index (χ4v) is 3.16.